The summed E-state index contributed by atoms with van der Waals surface area (Å²) < 4.78 is 11.3. The number of ether oxygens (including phenoxy) is 1. The third-order valence-corrected chi connectivity index (χ3v) is 6.15. The number of allylic oxidation sites excluding steroid dienone is 3. The average molecular weight is 370 g/mol. The maximum absolute atomic E-state index is 12.7. The van der Waals surface area contributed by atoms with Gasteiger partial charge in [0.25, 0.3) is 0 Å². The summed E-state index contributed by atoms with van der Waals surface area (Å²) in [6.07, 6.45) is 4.77. The molecule has 4 rings (SSSR count). The molecule has 0 saturated carbocycles. The van der Waals surface area contributed by atoms with Crippen LogP contribution in [0.15, 0.2) is 51.1 Å². The van der Waals surface area contributed by atoms with Crippen LogP contribution in [-0.2, 0) is 4.74 Å². The van der Waals surface area contributed by atoms with Crippen molar-refractivity contribution in [3.8, 4) is 0 Å². The lowest BCUT2D eigenvalue weighted by Gasteiger charge is -2.33. The third-order valence-electron chi connectivity index (χ3n) is 4.87. The second-order valence-electron chi connectivity index (χ2n) is 6.74. The van der Waals surface area contributed by atoms with Gasteiger partial charge in [-0.15, -0.1) is 0 Å². The number of anilines is 1. The Morgan fingerprint density at radius 3 is 2.92 bits per heavy atom. The minimum atomic E-state index is 0.0111. The zero-order chi connectivity index (χ0) is 18.1. The topological polar surface area (TPSA) is 54.7 Å². The fourth-order valence-corrected chi connectivity index (χ4v) is 4.45. The first kappa shape index (κ1) is 17.3. The van der Waals surface area contributed by atoms with Crippen LogP contribution in [-0.4, -0.2) is 38.9 Å². The van der Waals surface area contributed by atoms with Crippen LogP contribution in [0, 0.1) is 0 Å². The number of fused-ring (bicyclic) bond motifs is 1. The van der Waals surface area contributed by atoms with Crippen molar-refractivity contribution in [3.63, 3.8) is 0 Å². The van der Waals surface area contributed by atoms with E-state index in [9.17, 15) is 4.79 Å². The van der Waals surface area contributed by atoms with Crippen LogP contribution in [0.5, 0.6) is 0 Å². The van der Waals surface area contributed by atoms with Gasteiger partial charge in [-0.3, -0.25) is 4.79 Å². The first-order chi connectivity index (χ1) is 12.6. The summed E-state index contributed by atoms with van der Waals surface area (Å²) in [5.74, 6) is 0.657. The molecule has 2 aliphatic rings. The van der Waals surface area contributed by atoms with Crippen molar-refractivity contribution >= 4 is 30.8 Å². The molecule has 1 fully saturated rings. The van der Waals surface area contributed by atoms with E-state index in [-0.39, 0.29) is 5.43 Å². The monoisotopic (exact) mass is 370 g/mol. The Morgan fingerprint density at radius 2 is 2.19 bits per heavy atom. The highest BCUT2D eigenvalue weighted by atomic mass is 31.1. The lowest BCUT2D eigenvalue weighted by molar-refractivity contribution is 0.323. The predicted octanol–water partition coefficient (Wildman–Crippen LogP) is 3.15. The van der Waals surface area contributed by atoms with Crippen LogP contribution in [0.3, 0.4) is 0 Å². The van der Waals surface area contributed by atoms with Gasteiger partial charge in [0.1, 0.15) is 16.8 Å². The molecule has 136 valence electrons. The van der Waals surface area contributed by atoms with Gasteiger partial charge in [0.05, 0.1) is 12.5 Å². The fraction of sp³-hybridized carbons (Fsp3) is 0.350. The number of nitrogens with one attached hydrogen (secondary N) is 1. The first-order valence-electron chi connectivity index (χ1n) is 8.89. The first-order valence-corrected chi connectivity index (χ1v) is 10.1. The highest BCUT2D eigenvalue weighted by Gasteiger charge is 2.18. The Balaban J connectivity index is 1.69. The van der Waals surface area contributed by atoms with Gasteiger partial charge in [0.15, 0.2) is 5.43 Å². The summed E-state index contributed by atoms with van der Waals surface area (Å²) in [4.78, 5) is 15.0. The molecular weight excluding hydrogens is 347 g/mol. The second kappa shape index (κ2) is 7.26. The number of nitrogens with zero attached hydrogens (tertiary/aromatic N) is 1. The van der Waals surface area contributed by atoms with Gasteiger partial charge < -0.3 is 19.4 Å². The zero-order valence-corrected chi connectivity index (χ0v) is 16.0. The molecule has 1 N–H and O–H groups in total. The molecule has 2 atom stereocenters. The Labute approximate surface area is 154 Å². The highest BCUT2D eigenvalue weighted by molar-refractivity contribution is 7.43. The van der Waals surface area contributed by atoms with Crippen molar-refractivity contribution in [2.45, 2.75) is 13.0 Å². The van der Waals surface area contributed by atoms with Gasteiger partial charge in [0, 0.05) is 43.6 Å². The standard InChI is InChI=1S/C20H23N2O3P/c1-13-11-22(8-7-21-13)15-4-5-18-16(9-15)17(23)10-19(25-18)14-3-6-20(24-2)26-12-14/h3-6,9-10,13,21,26H,7-8,11-12H2,1-2H3/t13-/m1/s1. The van der Waals surface area contributed by atoms with Crippen molar-refractivity contribution < 1.29 is 9.15 Å². The van der Waals surface area contributed by atoms with E-state index in [2.05, 4.69) is 17.1 Å². The SMILES string of the molecule is COC1=CC=C(c2cc(=O)c3cc(N4CCN[C@H](C)C4)ccc3o2)CP1. The molecule has 5 nitrogen and oxygen atoms in total. The molecule has 6 heteroatoms. The largest absolute Gasteiger partial charge is 0.497 e. The molecule has 1 saturated heterocycles. The van der Waals surface area contributed by atoms with Crippen LogP contribution >= 0.6 is 8.58 Å². The summed E-state index contributed by atoms with van der Waals surface area (Å²) >= 11 is 0. The summed E-state index contributed by atoms with van der Waals surface area (Å²) in [7, 11) is 2.25. The van der Waals surface area contributed by atoms with Crippen LogP contribution in [0.2, 0.25) is 0 Å². The number of benzene rings is 1. The minimum Gasteiger partial charge on any atom is -0.497 e. The molecule has 3 heterocycles. The Hall–Kier alpha value is -2.10. The van der Waals surface area contributed by atoms with E-state index in [1.54, 1.807) is 13.2 Å². The van der Waals surface area contributed by atoms with Crippen LogP contribution in [0.4, 0.5) is 5.69 Å². The minimum absolute atomic E-state index is 0.0111. The Kier molecular flexibility index (Phi) is 4.84. The van der Waals surface area contributed by atoms with Gasteiger partial charge in [-0.05, 0) is 45.4 Å². The van der Waals surface area contributed by atoms with E-state index in [4.69, 9.17) is 9.15 Å². The summed E-state index contributed by atoms with van der Waals surface area (Å²) in [5.41, 5.74) is 3.76. The van der Waals surface area contributed by atoms with Crippen LogP contribution < -0.4 is 15.6 Å². The molecule has 2 aromatic rings. The van der Waals surface area contributed by atoms with Crippen LogP contribution in [0.25, 0.3) is 16.5 Å². The Morgan fingerprint density at radius 1 is 1.31 bits per heavy atom. The number of piperazine rings is 1. The summed E-state index contributed by atoms with van der Waals surface area (Å²) in [6.45, 7) is 5.02. The third kappa shape index (κ3) is 3.42. The number of methoxy groups -OCH3 is 1. The smallest absolute Gasteiger partial charge is 0.193 e. The van der Waals surface area contributed by atoms with Crippen molar-refractivity contribution in [1.82, 2.24) is 5.32 Å². The quantitative estimate of drug-likeness (QED) is 0.842. The molecule has 0 spiro atoms. The van der Waals surface area contributed by atoms with Crippen molar-refractivity contribution in [2.75, 3.05) is 37.8 Å². The van der Waals surface area contributed by atoms with Crippen molar-refractivity contribution in [3.05, 3.63) is 57.9 Å². The van der Waals surface area contributed by atoms with Crippen molar-refractivity contribution in [1.29, 1.82) is 0 Å². The lowest BCUT2D eigenvalue weighted by Crippen LogP contribution is -2.49. The molecule has 26 heavy (non-hydrogen) atoms. The summed E-state index contributed by atoms with van der Waals surface area (Å²) in [5, 5.41) is 4.08. The van der Waals surface area contributed by atoms with E-state index in [1.807, 2.05) is 30.4 Å². The predicted molar refractivity (Wildman–Crippen MR) is 108 cm³/mol. The Bertz CT molecular complexity index is 948. The van der Waals surface area contributed by atoms with Crippen molar-refractivity contribution in [2.24, 2.45) is 0 Å². The lowest BCUT2D eigenvalue weighted by atomic mass is 10.1. The molecule has 0 aliphatic carbocycles. The van der Waals surface area contributed by atoms with Gasteiger partial charge in [0.2, 0.25) is 0 Å². The molecule has 2 aliphatic heterocycles. The maximum atomic E-state index is 12.7. The summed E-state index contributed by atoms with van der Waals surface area (Å²) in [6, 6.07) is 8.00. The molecule has 0 amide bonds. The van der Waals surface area contributed by atoms with E-state index >= 15 is 0 Å². The van der Waals surface area contributed by atoms with E-state index in [0.717, 1.165) is 42.6 Å². The van der Waals surface area contributed by atoms with Gasteiger partial charge in [-0.25, -0.2) is 0 Å². The molecule has 1 aromatic carbocycles. The van der Waals surface area contributed by atoms with Gasteiger partial charge >= 0.3 is 0 Å². The average Bonchev–Trinajstić information content (AvgIpc) is 2.68. The van der Waals surface area contributed by atoms with E-state index in [0.29, 0.717) is 31.4 Å². The molecule has 1 aromatic heterocycles. The molecule has 1 unspecified atom stereocenters. The number of hydrogen-bond acceptors (Lipinski definition) is 5. The number of rotatable bonds is 3. The normalized spacial score (nSPS) is 21.6. The zero-order valence-electron chi connectivity index (χ0n) is 15.0. The number of hydrogen-bond donors (Lipinski definition) is 1. The maximum Gasteiger partial charge on any atom is 0.193 e. The fourth-order valence-electron chi connectivity index (χ4n) is 3.45. The van der Waals surface area contributed by atoms with E-state index in [1.165, 1.54) is 0 Å². The molecule has 0 radical (unpaired) electrons. The molecular formula is C20H23N2O3P. The highest BCUT2D eigenvalue weighted by Crippen LogP contribution is 2.35. The second-order valence-corrected chi connectivity index (χ2v) is 7.94. The molecule has 0 bridgehead atoms. The van der Waals surface area contributed by atoms with Gasteiger partial charge in [-0.1, -0.05) is 6.08 Å². The van der Waals surface area contributed by atoms with Crippen LogP contribution in [0.1, 0.15) is 12.7 Å². The van der Waals surface area contributed by atoms with E-state index < -0.39 is 0 Å². The van der Waals surface area contributed by atoms with Gasteiger partial charge in [-0.2, -0.15) is 0 Å².